The molecule has 0 saturated carbocycles. The standard InChI is InChI=1S/C12H19NO/c1-4-5-8-13-9-11(10(2)3)6-7-12(13)14/h6-7,9-10H,4-5,8H2,1-3H3. The Labute approximate surface area is 85.6 Å². The van der Waals surface area contributed by atoms with Gasteiger partial charge in [0.1, 0.15) is 0 Å². The molecule has 1 aromatic rings. The van der Waals surface area contributed by atoms with Gasteiger partial charge in [0.15, 0.2) is 0 Å². The molecule has 1 rings (SSSR count). The SMILES string of the molecule is CCCCn1cc(C(C)C)ccc1=O. The van der Waals surface area contributed by atoms with Gasteiger partial charge in [-0.15, -0.1) is 0 Å². The second-order valence-electron chi connectivity index (χ2n) is 4.00. The Balaban J connectivity index is 2.91. The van der Waals surface area contributed by atoms with Crippen LogP contribution in [0.3, 0.4) is 0 Å². The topological polar surface area (TPSA) is 22.0 Å². The summed E-state index contributed by atoms with van der Waals surface area (Å²) in [5.41, 5.74) is 1.35. The molecule has 1 aromatic heterocycles. The van der Waals surface area contributed by atoms with Crippen LogP contribution in [0.25, 0.3) is 0 Å². The maximum Gasteiger partial charge on any atom is 0.250 e. The van der Waals surface area contributed by atoms with Crippen molar-refractivity contribution in [2.75, 3.05) is 0 Å². The van der Waals surface area contributed by atoms with Crippen molar-refractivity contribution < 1.29 is 0 Å². The highest BCUT2D eigenvalue weighted by molar-refractivity contribution is 5.13. The third-order valence-electron chi connectivity index (χ3n) is 2.43. The van der Waals surface area contributed by atoms with E-state index in [0.29, 0.717) is 5.92 Å². The average Bonchev–Trinajstić information content (AvgIpc) is 2.16. The zero-order valence-corrected chi connectivity index (χ0v) is 9.29. The van der Waals surface area contributed by atoms with Crippen molar-refractivity contribution >= 4 is 0 Å². The molecule has 78 valence electrons. The van der Waals surface area contributed by atoms with E-state index in [9.17, 15) is 4.79 Å². The zero-order chi connectivity index (χ0) is 10.6. The molecule has 0 aliphatic carbocycles. The third-order valence-corrected chi connectivity index (χ3v) is 2.43. The van der Waals surface area contributed by atoms with Crippen molar-refractivity contribution in [1.82, 2.24) is 4.57 Å². The number of nitrogens with zero attached hydrogens (tertiary/aromatic N) is 1. The van der Waals surface area contributed by atoms with E-state index in [2.05, 4.69) is 20.8 Å². The number of rotatable bonds is 4. The quantitative estimate of drug-likeness (QED) is 0.720. The molecule has 0 aliphatic rings. The Bertz CT molecular complexity index is 338. The molecule has 0 spiro atoms. The van der Waals surface area contributed by atoms with Gasteiger partial charge in [-0.1, -0.05) is 33.3 Å². The largest absolute Gasteiger partial charge is 0.315 e. The zero-order valence-electron chi connectivity index (χ0n) is 9.29. The third kappa shape index (κ3) is 2.72. The highest BCUT2D eigenvalue weighted by atomic mass is 16.1. The van der Waals surface area contributed by atoms with Gasteiger partial charge in [0.2, 0.25) is 0 Å². The first kappa shape index (κ1) is 11.0. The minimum Gasteiger partial charge on any atom is -0.315 e. The van der Waals surface area contributed by atoms with Crippen molar-refractivity contribution in [3.63, 3.8) is 0 Å². The van der Waals surface area contributed by atoms with Gasteiger partial charge < -0.3 is 4.57 Å². The maximum absolute atomic E-state index is 11.5. The fourth-order valence-corrected chi connectivity index (χ4v) is 1.39. The molecule has 2 heteroatoms. The summed E-state index contributed by atoms with van der Waals surface area (Å²) in [6, 6.07) is 3.60. The van der Waals surface area contributed by atoms with E-state index in [-0.39, 0.29) is 5.56 Å². The molecule has 0 aliphatic heterocycles. The van der Waals surface area contributed by atoms with E-state index >= 15 is 0 Å². The van der Waals surface area contributed by atoms with Gasteiger partial charge in [-0.2, -0.15) is 0 Å². The smallest absolute Gasteiger partial charge is 0.250 e. The van der Waals surface area contributed by atoms with Crippen LogP contribution in [0.15, 0.2) is 23.1 Å². The molecule has 14 heavy (non-hydrogen) atoms. The predicted molar refractivity (Wildman–Crippen MR) is 59.7 cm³/mol. The normalized spacial score (nSPS) is 10.9. The molecular weight excluding hydrogens is 174 g/mol. The highest BCUT2D eigenvalue weighted by Crippen LogP contribution is 2.11. The summed E-state index contributed by atoms with van der Waals surface area (Å²) in [5, 5.41) is 0. The van der Waals surface area contributed by atoms with E-state index in [0.717, 1.165) is 19.4 Å². The lowest BCUT2D eigenvalue weighted by atomic mass is 10.1. The van der Waals surface area contributed by atoms with Crippen molar-refractivity contribution in [1.29, 1.82) is 0 Å². The van der Waals surface area contributed by atoms with Gasteiger partial charge in [-0.05, 0) is 17.9 Å². The molecule has 0 unspecified atom stereocenters. The van der Waals surface area contributed by atoms with E-state index in [1.807, 2.05) is 16.8 Å². The number of unbranched alkanes of at least 4 members (excludes halogenated alkanes) is 1. The molecule has 0 radical (unpaired) electrons. The number of pyridine rings is 1. The summed E-state index contributed by atoms with van der Waals surface area (Å²) in [7, 11) is 0. The van der Waals surface area contributed by atoms with E-state index in [1.54, 1.807) is 6.07 Å². The Morgan fingerprint density at radius 1 is 1.36 bits per heavy atom. The molecule has 0 amide bonds. The van der Waals surface area contributed by atoms with Crippen molar-refractivity contribution in [2.45, 2.75) is 46.1 Å². The minimum absolute atomic E-state index is 0.114. The fourth-order valence-electron chi connectivity index (χ4n) is 1.39. The van der Waals surface area contributed by atoms with Crippen LogP contribution in [0.4, 0.5) is 0 Å². The van der Waals surface area contributed by atoms with Crippen LogP contribution in [-0.4, -0.2) is 4.57 Å². The number of aromatic nitrogens is 1. The van der Waals surface area contributed by atoms with Crippen molar-refractivity contribution in [2.24, 2.45) is 0 Å². The van der Waals surface area contributed by atoms with Gasteiger partial charge in [0.25, 0.3) is 5.56 Å². The number of aryl methyl sites for hydroxylation is 1. The number of hydrogen-bond donors (Lipinski definition) is 0. The molecule has 0 fully saturated rings. The molecule has 0 atom stereocenters. The molecule has 0 bridgehead atoms. The Morgan fingerprint density at radius 3 is 2.64 bits per heavy atom. The lowest BCUT2D eigenvalue weighted by Gasteiger charge is -2.09. The predicted octanol–water partition coefficient (Wildman–Crippen LogP) is 2.77. The Morgan fingerprint density at radius 2 is 2.07 bits per heavy atom. The van der Waals surface area contributed by atoms with Crippen LogP contribution < -0.4 is 5.56 Å². The first-order valence-corrected chi connectivity index (χ1v) is 5.35. The van der Waals surface area contributed by atoms with Crippen LogP contribution in [-0.2, 0) is 6.54 Å². The first-order valence-electron chi connectivity index (χ1n) is 5.35. The lowest BCUT2D eigenvalue weighted by Crippen LogP contribution is -2.19. The Kier molecular flexibility index (Phi) is 3.93. The van der Waals surface area contributed by atoms with Gasteiger partial charge in [-0.25, -0.2) is 0 Å². The maximum atomic E-state index is 11.5. The second kappa shape index (κ2) is 4.99. The monoisotopic (exact) mass is 193 g/mol. The summed E-state index contributed by atoms with van der Waals surface area (Å²) >= 11 is 0. The van der Waals surface area contributed by atoms with E-state index < -0.39 is 0 Å². The molecular formula is C12H19NO. The summed E-state index contributed by atoms with van der Waals surface area (Å²) in [6.07, 6.45) is 4.18. The molecule has 1 heterocycles. The van der Waals surface area contributed by atoms with E-state index in [4.69, 9.17) is 0 Å². The van der Waals surface area contributed by atoms with Crippen LogP contribution >= 0.6 is 0 Å². The van der Waals surface area contributed by atoms with Crippen LogP contribution in [0.5, 0.6) is 0 Å². The van der Waals surface area contributed by atoms with Crippen molar-refractivity contribution in [3.05, 3.63) is 34.2 Å². The molecule has 0 N–H and O–H groups in total. The minimum atomic E-state index is 0.114. The number of hydrogen-bond acceptors (Lipinski definition) is 1. The van der Waals surface area contributed by atoms with Crippen molar-refractivity contribution in [3.8, 4) is 0 Å². The Hall–Kier alpha value is -1.05. The van der Waals surface area contributed by atoms with E-state index in [1.165, 1.54) is 5.56 Å². The van der Waals surface area contributed by atoms with Gasteiger partial charge in [-0.3, -0.25) is 4.79 Å². The average molecular weight is 193 g/mol. The second-order valence-corrected chi connectivity index (χ2v) is 4.00. The van der Waals surface area contributed by atoms with Gasteiger partial charge >= 0.3 is 0 Å². The molecule has 0 aromatic carbocycles. The van der Waals surface area contributed by atoms with Crippen LogP contribution in [0, 0.1) is 0 Å². The first-order chi connectivity index (χ1) is 6.65. The fraction of sp³-hybridized carbons (Fsp3) is 0.583. The van der Waals surface area contributed by atoms with Crippen LogP contribution in [0.2, 0.25) is 0 Å². The summed E-state index contributed by atoms with van der Waals surface area (Å²) in [5.74, 6) is 0.489. The molecule has 2 nitrogen and oxygen atoms in total. The van der Waals surface area contributed by atoms with Crippen LogP contribution in [0.1, 0.15) is 45.1 Å². The van der Waals surface area contributed by atoms with Gasteiger partial charge in [0, 0.05) is 18.8 Å². The summed E-state index contributed by atoms with van der Waals surface area (Å²) in [4.78, 5) is 11.5. The molecule has 0 saturated heterocycles. The van der Waals surface area contributed by atoms with Gasteiger partial charge in [0.05, 0.1) is 0 Å². The summed E-state index contributed by atoms with van der Waals surface area (Å²) < 4.78 is 1.82. The lowest BCUT2D eigenvalue weighted by molar-refractivity contribution is 0.606. The summed E-state index contributed by atoms with van der Waals surface area (Å²) in [6.45, 7) is 7.27. The highest BCUT2D eigenvalue weighted by Gasteiger charge is 2.01.